The summed E-state index contributed by atoms with van der Waals surface area (Å²) in [6, 6.07) is 6.45. The Labute approximate surface area is 223 Å². The van der Waals surface area contributed by atoms with E-state index in [9.17, 15) is 23.2 Å². The molecule has 3 amide bonds. The number of fused-ring (bicyclic) bond motifs is 1. The number of hydrogen-bond donors (Lipinski definition) is 2. The second kappa shape index (κ2) is 10.4. The van der Waals surface area contributed by atoms with E-state index >= 15 is 0 Å². The monoisotopic (exact) mass is 544 g/mol. The molecular formula is C27H30F2N4O4S. The molecule has 1 aliphatic heterocycles. The largest absolute Gasteiger partial charge is 0.357 e. The molecule has 0 aliphatic carbocycles. The molecule has 1 aromatic heterocycles. The fraction of sp³-hybridized carbons (Fsp3) is 0.407. The number of likely N-dealkylation sites (N-methyl/N-ethyl adjacent to an activating group) is 1. The molecule has 3 atom stereocenters. The Kier molecular flexibility index (Phi) is 7.53. The Balaban J connectivity index is 1.66. The van der Waals surface area contributed by atoms with Crippen LogP contribution in [0.3, 0.4) is 0 Å². The lowest BCUT2D eigenvalue weighted by Gasteiger charge is -2.36. The number of hydrogen-bond acceptors (Lipinski definition) is 6. The molecule has 11 heteroatoms. The van der Waals surface area contributed by atoms with Gasteiger partial charge in [0.15, 0.2) is 0 Å². The Hall–Kier alpha value is -3.44. The first kappa shape index (κ1) is 27.6. The summed E-state index contributed by atoms with van der Waals surface area (Å²) in [5.41, 5.74) is -0.147. The third kappa shape index (κ3) is 5.12. The number of aromatic nitrogens is 1. The van der Waals surface area contributed by atoms with Gasteiger partial charge in [0, 0.05) is 18.5 Å². The Morgan fingerprint density at radius 2 is 1.74 bits per heavy atom. The number of carbonyl (C=O) groups excluding carboxylic acids is 3. The number of benzene rings is 2. The van der Waals surface area contributed by atoms with E-state index in [1.54, 1.807) is 52.8 Å². The first-order valence-corrected chi connectivity index (χ1v) is 13.0. The van der Waals surface area contributed by atoms with Crippen LogP contribution in [0.5, 0.6) is 0 Å². The average Bonchev–Trinajstić information content (AvgIpc) is 3.37. The van der Waals surface area contributed by atoms with Crippen LogP contribution in [0.1, 0.15) is 45.1 Å². The molecule has 4 rings (SSSR count). The van der Waals surface area contributed by atoms with E-state index in [-0.39, 0.29) is 17.5 Å². The van der Waals surface area contributed by atoms with Crippen molar-refractivity contribution in [3.63, 3.8) is 0 Å². The van der Waals surface area contributed by atoms with Gasteiger partial charge in [0.1, 0.15) is 35.1 Å². The average molecular weight is 545 g/mol. The molecule has 0 spiro atoms. The van der Waals surface area contributed by atoms with Crippen molar-refractivity contribution in [3.05, 3.63) is 53.7 Å². The molecule has 202 valence electrons. The fourth-order valence-electron chi connectivity index (χ4n) is 4.88. The third-order valence-electron chi connectivity index (χ3n) is 6.63. The first-order chi connectivity index (χ1) is 17.8. The van der Waals surface area contributed by atoms with Crippen molar-refractivity contribution in [1.29, 1.82) is 0 Å². The molecule has 0 radical (unpaired) electrons. The first-order valence-electron chi connectivity index (χ1n) is 12.2. The zero-order chi connectivity index (χ0) is 27.9. The lowest BCUT2D eigenvalue weighted by atomic mass is 9.99. The van der Waals surface area contributed by atoms with Crippen LogP contribution >= 0.6 is 11.5 Å². The van der Waals surface area contributed by atoms with E-state index in [2.05, 4.69) is 15.0 Å². The van der Waals surface area contributed by atoms with Crippen LogP contribution in [0, 0.1) is 17.6 Å². The minimum Gasteiger partial charge on any atom is -0.357 e. The van der Waals surface area contributed by atoms with Crippen LogP contribution in [0.4, 0.5) is 8.78 Å². The maximum Gasteiger partial charge on any atom is 0.272 e. The van der Waals surface area contributed by atoms with Gasteiger partial charge in [-0.05, 0) is 73.6 Å². The predicted molar refractivity (Wildman–Crippen MR) is 140 cm³/mol. The highest BCUT2D eigenvalue weighted by molar-refractivity contribution is 7.13. The highest BCUT2D eigenvalue weighted by atomic mass is 32.1. The molecule has 0 bridgehead atoms. The van der Waals surface area contributed by atoms with Crippen LogP contribution in [-0.4, -0.2) is 58.0 Å². The number of nitrogens with zero attached hydrogens (tertiary/aromatic N) is 2. The Morgan fingerprint density at radius 1 is 1.08 bits per heavy atom. The van der Waals surface area contributed by atoms with E-state index in [0.717, 1.165) is 17.6 Å². The number of amides is 3. The molecule has 0 saturated carbocycles. The molecule has 38 heavy (non-hydrogen) atoms. The van der Waals surface area contributed by atoms with Crippen LogP contribution in [0.25, 0.3) is 21.2 Å². The summed E-state index contributed by atoms with van der Waals surface area (Å²) >= 11 is 1.10. The lowest BCUT2D eigenvalue weighted by Crippen LogP contribution is -2.60. The summed E-state index contributed by atoms with van der Waals surface area (Å²) in [5.74, 6) is -3.13. The Morgan fingerprint density at radius 3 is 2.34 bits per heavy atom. The zero-order valence-electron chi connectivity index (χ0n) is 22.0. The highest BCUT2D eigenvalue weighted by Gasteiger charge is 2.52. The van der Waals surface area contributed by atoms with Crippen molar-refractivity contribution in [2.75, 3.05) is 7.05 Å². The van der Waals surface area contributed by atoms with Crippen molar-refractivity contribution in [3.8, 4) is 11.1 Å². The predicted octanol–water partition coefficient (Wildman–Crippen LogP) is 4.09. The number of rotatable bonds is 6. The lowest BCUT2D eigenvalue weighted by molar-refractivity contribution is -0.152. The van der Waals surface area contributed by atoms with Gasteiger partial charge in [-0.15, -0.1) is 0 Å². The minimum atomic E-state index is -1.08. The summed E-state index contributed by atoms with van der Waals surface area (Å²) in [7, 11) is 1.49. The van der Waals surface area contributed by atoms with Crippen molar-refractivity contribution in [2.24, 2.45) is 5.92 Å². The van der Waals surface area contributed by atoms with Crippen LogP contribution in [0.15, 0.2) is 36.4 Å². The van der Waals surface area contributed by atoms with Crippen molar-refractivity contribution in [1.82, 2.24) is 19.9 Å². The number of ether oxygens (including phenoxy) is 1. The van der Waals surface area contributed by atoms with Crippen molar-refractivity contribution in [2.45, 2.75) is 58.5 Å². The van der Waals surface area contributed by atoms with E-state index in [1.807, 2.05) is 0 Å². The molecule has 8 nitrogen and oxygen atoms in total. The van der Waals surface area contributed by atoms with Gasteiger partial charge in [0.05, 0.1) is 10.8 Å². The molecule has 3 aromatic rings. The highest BCUT2D eigenvalue weighted by Crippen LogP contribution is 2.34. The van der Waals surface area contributed by atoms with Crippen LogP contribution < -0.4 is 10.6 Å². The molecule has 2 N–H and O–H groups in total. The fourth-order valence-corrected chi connectivity index (χ4v) is 5.63. The van der Waals surface area contributed by atoms with E-state index in [1.165, 1.54) is 24.1 Å². The van der Waals surface area contributed by atoms with Gasteiger partial charge >= 0.3 is 0 Å². The smallest absolute Gasteiger partial charge is 0.272 e. The third-order valence-corrected chi connectivity index (χ3v) is 7.46. The van der Waals surface area contributed by atoms with Gasteiger partial charge in [-0.2, -0.15) is 4.37 Å². The summed E-state index contributed by atoms with van der Waals surface area (Å²) in [6.45, 7) is 8.71. The molecule has 2 aromatic carbocycles. The summed E-state index contributed by atoms with van der Waals surface area (Å²) in [5, 5.41) is 5.88. The quantitative estimate of drug-likeness (QED) is 0.487. The maximum atomic E-state index is 13.8. The zero-order valence-corrected chi connectivity index (χ0v) is 22.8. The molecule has 1 fully saturated rings. The standard InChI is InChI=1S/C27H30F2N4O4S/c1-13(2)21(26(36)33-23(25(35)30-6)14(3)37-27(33,4)5)31-24(34)22-19-11-15(7-8-20(19)38-32-22)16-9-17(28)12-18(29)10-16/h7-14,21,23H,1-6H3,(H,30,35)(H,31,34)/t14-,21+,23+/m1/s1. The molecule has 2 heterocycles. The Bertz CT molecular complexity index is 1390. The second-order valence-corrected chi connectivity index (χ2v) is 10.9. The maximum absolute atomic E-state index is 13.8. The van der Waals surface area contributed by atoms with E-state index < -0.39 is 47.4 Å². The number of nitrogens with one attached hydrogen (secondary N) is 2. The summed E-state index contributed by atoms with van der Waals surface area (Å²) in [4.78, 5) is 41.3. The van der Waals surface area contributed by atoms with Gasteiger partial charge < -0.3 is 15.4 Å². The van der Waals surface area contributed by atoms with E-state index in [0.29, 0.717) is 21.2 Å². The second-order valence-electron chi connectivity index (χ2n) is 10.1. The number of halogens is 2. The van der Waals surface area contributed by atoms with E-state index in [4.69, 9.17) is 4.74 Å². The van der Waals surface area contributed by atoms with Gasteiger partial charge in [0.25, 0.3) is 5.91 Å². The number of carbonyl (C=O) groups is 3. The van der Waals surface area contributed by atoms with Crippen molar-refractivity contribution >= 4 is 39.3 Å². The van der Waals surface area contributed by atoms with Gasteiger partial charge in [-0.25, -0.2) is 8.78 Å². The van der Waals surface area contributed by atoms with Gasteiger partial charge in [-0.1, -0.05) is 19.9 Å². The molecule has 1 aliphatic rings. The molecule has 0 unspecified atom stereocenters. The van der Waals surface area contributed by atoms with Gasteiger partial charge in [0.2, 0.25) is 11.8 Å². The van der Waals surface area contributed by atoms with Crippen molar-refractivity contribution < 1.29 is 27.9 Å². The van der Waals surface area contributed by atoms with Crippen LogP contribution in [0.2, 0.25) is 0 Å². The normalized spacial score (nSPS) is 19.6. The summed E-state index contributed by atoms with van der Waals surface area (Å²) in [6.07, 6.45) is -0.550. The topological polar surface area (TPSA) is 101 Å². The van der Waals surface area contributed by atoms with Crippen LogP contribution in [-0.2, 0) is 14.3 Å². The minimum absolute atomic E-state index is 0.0929. The summed E-state index contributed by atoms with van der Waals surface area (Å²) < 4.78 is 38.5. The molecular weight excluding hydrogens is 514 g/mol. The van der Waals surface area contributed by atoms with Gasteiger partial charge in [-0.3, -0.25) is 19.3 Å². The molecule has 1 saturated heterocycles. The SMILES string of the molecule is CNC(=O)[C@@H]1[C@@H](C)OC(C)(C)N1C(=O)[C@@H](NC(=O)c1nsc2ccc(-c3cc(F)cc(F)c3)cc12)C(C)C.